The van der Waals surface area contributed by atoms with Crippen molar-refractivity contribution in [3.8, 4) is 0 Å². The third-order valence-corrected chi connectivity index (χ3v) is 4.61. The van der Waals surface area contributed by atoms with Gasteiger partial charge in [-0.3, -0.25) is 4.79 Å². The molecule has 2 aliphatic rings. The van der Waals surface area contributed by atoms with E-state index in [-0.39, 0.29) is 6.04 Å². The summed E-state index contributed by atoms with van der Waals surface area (Å²) in [6, 6.07) is 0.100. The molecule has 0 aromatic rings. The zero-order chi connectivity index (χ0) is 12.8. The molecule has 0 spiro atoms. The highest BCUT2D eigenvalue weighted by Crippen LogP contribution is 2.21. The van der Waals surface area contributed by atoms with Crippen LogP contribution in [0.1, 0.15) is 58.3 Å². The van der Waals surface area contributed by atoms with Gasteiger partial charge < -0.3 is 10.2 Å². The number of carbonyl (C=O) groups excluding carboxylic acids is 1. The van der Waals surface area contributed by atoms with Gasteiger partial charge in [0.15, 0.2) is 0 Å². The van der Waals surface area contributed by atoms with Crippen LogP contribution in [0.4, 0.5) is 0 Å². The highest BCUT2D eigenvalue weighted by atomic mass is 16.2. The van der Waals surface area contributed by atoms with Crippen LogP contribution in [0.2, 0.25) is 0 Å². The standard InChI is InChI=1S/C15H28N2O/c1-2-13-8-11-17(12-9-13)15(18)14-7-5-3-4-6-10-16-14/h13-14,16H,2-12H2,1H3. The summed E-state index contributed by atoms with van der Waals surface area (Å²) in [5.74, 6) is 1.21. The van der Waals surface area contributed by atoms with Crippen molar-refractivity contribution in [1.29, 1.82) is 0 Å². The molecular weight excluding hydrogens is 224 g/mol. The summed E-state index contributed by atoms with van der Waals surface area (Å²) in [5, 5.41) is 3.45. The molecule has 2 heterocycles. The summed E-state index contributed by atoms with van der Waals surface area (Å²) in [6.45, 7) is 5.24. The lowest BCUT2D eigenvalue weighted by atomic mass is 9.93. The van der Waals surface area contributed by atoms with Gasteiger partial charge in [-0.25, -0.2) is 0 Å². The topological polar surface area (TPSA) is 32.3 Å². The van der Waals surface area contributed by atoms with Crippen molar-refractivity contribution in [2.24, 2.45) is 5.92 Å². The van der Waals surface area contributed by atoms with Gasteiger partial charge in [-0.05, 0) is 38.1 Å². The molecule has 18 heavy (non-hydrogen) atoms. The van der Waals surface area contributed by atoms with E-state index in [2.05, 4.69) is 17.1 Å². The molecule has 1 unspecified atom stereocenters. The lowest BCUT2D eigenvalue weighted by molar-refractivity contribution is -0.135. The molecule has 104 valence electrons. The molecular formula is C15H28N2O. The number of nitrogens with one attached hydrogen (secondary N) is 1. The average Bonchev–Trinajstić information content (AvgIpc) is 2.38. The molecule has 0 aromatic heterocycles. The first-order valence-corrected chi connectivity index (χ1v) is 7.83. The molecule has 1 atom stereocenters. The minimum atomic E-state index is 0.100. The number of amides is 1. The summed E-state index contributed by atoms with van der Waals surface area (Å²) in [6.07, 6.45) is 9.75. The van der Waals surface area contributed by atoms with E-state index in [1.165, 1.54) is 44.9 Å². The Bertz CT molecular complexity index is 251. The van der Waals surface area contributed by atoms with E-state index in [0.29, 0.717) is 5.91 Å². The van der Waals surface area contributed by atoms with E-state index >= 15 is 0 Å². The van der Waals surface area contributed by atoms with Crippen LogP contribution in [-0.2, 0) is 4.79 Å². The maximum absolute atomic E-state index is 12.5. The largest absolute Gasteiger partial charge is 0.341 e. The molecule has 3 nitrogen and oxygen atoms in total. The van der Waals surface area contributed by atoms with Crippen LogP contribution >= 0.6 is 0 Å². The molecule has 2 saturated heterocycles. The second-order valence-electron chi connectivity index (χ2n) is 5.89. The van der Waals surface area contributed by atoms with Crippen LogP contribution in [0.3, 0.4) is 0 Å². The number of nitrogens with zero attached hydrogens (tertiary/aromatic N) is 1. The van der Waals surface area contributed by atoms with Crippen LogP contribution < -0.4 is 5.32 Å². The molecule has 2 fully saturated rings. The van der Waals surface area contributed by atoms with Crippen LogP contribution in [0, 0.1) is 5.92 Å². The molecule has 1 N–H and O–H groups in total. The van der Waals surface area contributed by atoms with Crippen LogP contribution in [0.15, 0.2) is 0 Å². The third kappa shape index (κ3) is 3.71. The third-order valence-electron chi connectivity index (χ3n) is 4.61. The summed E-state index contributed by atoms with van der Waals surface area (Å²) < 4.78 is 0. The molecule has 3 heteroatoms. The number of hydrogen-bond acceptors (Lipinski definition) is 2. The van der Waals surface area contributed by atoms with Gasteiger partial charge >= 0.3 is 0 Å². The van der Waals surface area contributed by atoms with Crippen molar-refractivity contribution >= 4 is 5.91 Å². The van der Waals surface area contributed by atoms with E-state index in [4.69, 9.17) is 0 Å². The zero-order valence-corrected chi connectivity index (χ0v) is 11.8. The van der Waals surface area contributed by atoms with Crippen molar-refractivity contribution in [2.45, 2.75) is 64.3 Å². The molecule has 0 radical (unpaired) electrons. The summed E-state index contributed by atoms with van der Waals surface area (Å²) in [7, 11) is 0. The lowest BCUT2D eigenvalue weighted by Crippen LogP contribution is -2.49. The fourth-order valence-electron chi connectivity index (χ4n) is 3.20. The van der Waals surface area contributed by atoms with Crippen LogP contribution in [0.25, 0.3) is 0 Å². The normalized spacial score (nSPS) is 27.6. The summed E-state index contributed by atoms with van der Waals surface area (Å²) in [4.78, 5) is 14.6. The van der Waals surface area contributed by atoms with Gasteiger partial charge in [-0.2, -0.15) is 0 Å². The smallest absolute Gasteiger partial charge is 0.239 e. The zero-order valence-electron chi connectivity index (χ0n) is 11.8. The average molecular weight is 252 g/mol. The fourth-order valence-corrected chi connectivity index (χ4v) is 3.20. The van der Waals surface area contributed by atoms with E-state index in [9.17, 15) is 4.79 Å². The van der Waals surface area contributed by atoms with Gasteiger partial charge in [-0.1, -0.05) is 32.6 Å². The number of rotatable bonds is 2. The van der Waals surface area contributed by atoms with Crippen LogP contribution in [-0.4, -0.2) is 36.5 Å². The molecule has 2 aliphatic heterocycles. The second kappa shape index (κ2) is 7.13. The maximum atomic E-state index is 12.5. The van der Waals surface area contributed by atoms with E-state index in [0.717, 1.165) is 32.0 Å². The van der Waals surface area contributed by atoms with Gasteiger partial charge in [0.1, 0.15) is 0 Å². The Hall–Kier alpha value is -0.570. The minimum Gasteiger partial charge on any atom is -0.341 e. The Morgan fingerprint density at radius 2 is 1.83 bits per heavy atom. The monoisotopic (exact) mass is 252 g/mol. The quantitative estimate of drug-likeness (QED) is 0.819. The molecule has 0 aliphatic carbocycles. The first-order chi connectivity index (χ1) is 8.81. The van der Waals surface area contributed by atoms with E-state index in [1.807, 2.05) is 0 Å². The minimum absolute atomic E-state index is 0.100. The van der Waals surface area contributed by atoms with E-state index < -0.39 is 0 Å². The predicted molar refractivity (Wildman–Crippen MR) is 74.5 cm³/mol. The number of likely N-dealkylation sites (tertiary alicyclic amines) is 1. The molecule has 1 amide bonds. The lowest BCUT2D eigenvalue weighted by Gasteiger charge is -2.34. The first kappa shape index (κ1) is 13.9. The number of hydrogen-bond donors (Lipinski definition) is 1. The molecule has 0 aromatic carbocycles. The van der Waals surface area contributed by atoms with Gasteiger partial charge in [0.2, 0.25) is 5.91 Å². The van der Waals surface area contributed by atoms with Gasteiger partial charge in [0.05, 0.1) is 6.04 Å². The van der Waals surface area contributed by atoms with Gasteiger partial charge in [0.25, 0.3) is 0 Å². The Labute approximate surface area is 111 Å². The molecule has 0 saturated carbocycles. The summed E-state index contributed by atoms with van der Waals surface area (Å²) in [5.41, 5.74) is 0. The second-order valence-corrected chi connectivity index (χ2v) is 5.89. The van der Waals surface area contributed by atoms with Gasteiger partial charge in [0, 0.05) is 13.1 Å². The number of carbonyl (C=O) groups is 1. The maximum Gasteiger partial charge on any atom is 0.239 e. The summed E-state index contributed by atoms with van der Waals surface area (Å²) >= 11 is 0. The number of piperidine rings is 1. The Kier molecular flexibility index (Phi) is 5.48. The van der Waals surface area contributed by atoms with Crippen LogP contribution in [0.5, 0.6) is 0 Å². The predicted octanol–water partition coefficient (Wildman–Crippen LogP) is 2.56. The Morgan fingerprint density at radius 1 is 1.11 bits per heavy atom. The van der Waals surface area contributed by atoms with Crippen molar-refractivity contribution in [1.82, 2.24) is 10.2 Å². The Balaban J connectivity index is 1.82. The SMILES string of the molecule is CCC1CCN(C(=O)C2CCCCCCN2)CC1. The highest BCUT2D eigenvalue weighted by molar-refractivity contribution is 5.82. The Morgan fingerprint density at radius 3 is 2.56 bits per heavy atom. The highest BCUT2D eigenvalue weighted by Gasteiger charge is 2.27. The first-order valence-electron chi connectivity index (χ1n) is 7.83. The molecule has 2 rings (SSSR count). The van der Waals surface area contributed by atoms with Gasteiger partial charge in [-0.15, -0.1) is 0 Å². The van der Waals surface area contributed by atoms with Crippen molar-refractivity contribution in [3.63, 3.8) is 0 Å². The van der Waals surface area contributed by atoms with Crippen molar-refractivity contribution < 1.29 is 4.79 Å². The fraction of sp³-hybridized carbons (Fsp3) is 0.933. The van der Waals surface area contributed by atoms with Crippen molar-refractivity contribution in [2.75, 3.05) is 19.6 Å². The van der Waals surface area contributed by atoms with E-state index in [1.54, 1.807) is 0 Å². The van der Waals surface area contributed by atoms with Crippen molar-refractivity contribution in [3.05, 3.63) is 0 Å². The molecule has 0 bridgehead atoms.